The number of carbonyl (C=O) groups excluding carboxylic acids is 2. The first-order chi connectivity index (χ1) is 11.4. The first-order valence-corrected chi connectivity index (χ1v) is 8.94. The molecular formula is C14H13AsCl2F3NO4. The van der Waals surface area contributed by atoms with Crippen LogP contribution < -0.4 is 9.64 Å². The van der Waals surface area contributed by atoms with Crippen LogP contribution in [0.3, 0.4) is 0 Å². The first kappa shape index (κ1) is 20.4. The Labute approximate surface area is 159 Å². The van der Waals surface area contributed by atoms with E-state index in [9.17, 15) is 22.8 Å². The zero-order chi connectivity index (χ0) is 19.0. The van der Waals surface area contributed by atoms with E-state index in [0.717, 1.165) is 33.9 Å². The molecule has 1 aromatic rings. The number of hydrogen-bond acceptors (Lipinski definition) is 4. The SMILES string of the molecule is CC(Cl)(CCl)C(=O)C1([AsH2])OCC(=O)N1c1cccc(OC(F)(F)F)c1. The van der Waals surface area contributed by atoms with Gasteiger partial charge in [0.25, 0.3) is 0 Å². The molecule has 1 saturated heterocycles. The molecule has 138 valence electrons. The van der Waals surface area contributed by atoms with Gasteiger partial charge >= 0.3 is 160 Å². The molecule has 2 rings (SSSR count). The Morgan fingerprint density at radius 2 is 2.12 bits per heavy atom. The van der Waals surface area contributed by atoms with Crippen LogP contribution in [0.15, 0.2) is 24.3 Å². The van der Waals surface area contributed by atoms with Crippen molar-refractivity contribution in [2.45, 2.75) is 22.7 Å². The molecule has 0 bridgehead atoms. The van der Waals surface area contributed by atoms with E-state index < -0.39 is 39.8 Å². The van der Waals surface area contributed by atoms with Crippen molar-refractivity contribution < 1.29 is 32.2 Å². The van der Waals surface area contributed by atoms with Crippen molar-refractivity contribution in [2.24, 2.45) is 0 Å². The van der Waals surface area contributed by atoms with Crippen LogP contribution in [0.4, 0.5) is 18.9 Å². The van der Waals surface area contributed by atoms with Gasteiger partial charge in [-0.05, 0) is 0 Å². The van der Waals surface area contributed by atoms with Gasteiger partial charge in [0.05, 0.1) is 0 Å². The standard InChI is InChI=1S/C14H13AsCl2F3NO4/c1-12(17,7-16)11(23)13(15)21(10(22)6-24-13)8-3-2-4-9(5-8)25-14(18,19)20/h2-5H,6-7,15H2,1H3. The van der Waals surface area contributed by atoms with Gasteiger partial charge in [-0.3, -0.25) is 0 Å². The summed E-state index contributed by atoms with van der Waals surface area (Å²) in [6.07, 6.45) is -4.89. The number of Topliss-reactive ketones (excluding diaryl/α,β-unsaturated/α-hetero) is 1. The van der Waals surface area contributed by atoms with Gasteiger partial charge in [0.1, 0.15) is 0 Å². The number of amides is 1. The normalized spacial score (nSPS) is 23.5. The molecule has 1 aliphatic rings. The molecule has 0 aromatic heterocycles. The van der Waals surface area contributed by atoms with E-state index in [-0.39, 0.29) is 11.6 Å². The van der Waals surface area contributed by atoms with Gasteiger partial charge in [0.2, 0.25) is 0 Å². The summed E-state index contributed by atoms with van der Waals surface area (Å²) in [6, 6.07) is 4.70. The molecule has 5 nitrogen and oxygen atoms in total. The second-order valence-electron chi connectivity index (χ2n) is 5.42. The van der Waals surface area contributed by atoms with E-state index in [0.29, 0.717) is 0 Å². The van der Waals surface area contributed by atoms with Crippen LogP contribution >= 0.6 is 23.2 Å². The molecule has 1 amide bonds. The van der Waals surface area contributed by atoms with Gasteiger partial charge in [-0.25, -0.2) is 0 Å². The summed E-state index contributed by atoms with van der Waals surface area (Å²) in [5.74, 6) is -2.02. The third kappa shape index (κ3) is 4.24. The van der Waals surface area contributed by atoms with Crippen LogP contribution in [0.2, 0.25) is 0 Å². The van der Waals surface area contributed by atoms with Crippen molar-refractivity contribution in [1.29, 1.82) is 0 Å². The summed E-state index contributed by atoms with van der Waals surface area (Å²) in [7, 11) is 0. The van der Waals surface area contributed by atoms with E-state index in [1.54, 1.807) is 0 Å². The van der Waals surface area contributed by atoms with Crippen molar-refractivity contribution >= 4 is 57.4 Å². The number of alkyl halides is 5. The maximum atomic E-state index is 12.7. The number of benzene rings is 1. The van der Waals surface area contributed by atoms with E-state index in [1.165, 1.54) is 19.1 Å². The minimum atomic E-state index is -4.89. The molecule has 1 fully saturated rings. The Hall–Kier alpha value is -0.952. The van der Waals surface area contributed by atoms with Crippen LogP contribution in [0, 0.1) is 0 Å². The predicted molar refractivity (Wildman–Crippen MR) is 87.8 cm³/mol. The Kier molecular flexibility index (Phi) is 5.69. The molecule has 25 heavy (non-hydrogen) atoms. The van der Waals surface area contributed by atoms with Crippen LogP contribution in [-0.4, -0.2) is 56.8 Å². The van der Waals surface area contributed by atoms with E-state index in [1.807, 2.05) is 0 Å². The molecule has 0 spiro atoms. The van der Waals surface area contributed by atoms with Gasteiger partial charge in [0.15, 0.2) is 0 Å². The molecule has 0 aliphatic carbocycles. The summed E-state index contributed by atoms with van der Waals surface area (Å²) in [4.78, 5) is 24.4. The zero-order valence-electron chi connectivity index (χ0n) is 12.8. The van der Waals surface area contributed by atoms with Crippen LogP contribution in [-0.2, 0) is 14.3 Å². The zero-order valence-corrected chi connectivity index (χ0v) is 16.7. The summed E-state index contributed by atoms with van der Waals surface area (Å²) in [5.41, 5.74) is 0.0176. The summed E-state index contributed by atoms with van der Waals surface area (Å²) >= 11 is 12.5. The summed E-state index contributed by atoms with van der Waals surface area (Å²) < 4.78 is 44.7. The molecule has 11 heteroatoms. The number of ketones is 1. The van der Waals surface area contributed by atoms with Crippen molar-refractivity contribution in [2.75, 3.05) is 17.4 Å². The average molecular weight is 462 g/mol. The molecule has 1 heterocycles. The molecule has 3 atom stereocenters. The fourth-order valence-corrected chi connectivity index (χ4v) is 4.15. The molecule has 3 unspecified atom stereocenters. The fourth-order valence-electron chi connectivity index (χ4n) is 2.24. The number of hydrogen-bond donors (Lipinski definition) is 0. The third-order valence-electron chi connectivity index (χ3n) is 3.36. The Balaban J connectivity index is 2.43. The Morgan fingerprint density at radius 3 is 2.68 bits per heavy atom. The van der Waals surface area contributed by atoms with Gasteiger partial charge in [0, 0.05) is 0 Å². The van der Waals surface area contributed by atoms with Crippen molar-refractivity contribution in [3.05, 3.63) is 24.3 Å². The van der Waals surface area contributed by atoms with Crippen LogP contribution in [0.1, 0.15) is 6.92 Å². The van der Waals surface area contributed by atoms with Crippen molar-refractivity contribution in [3.8, 4) is 5.75 Å². The topological polar surface area (TPSA) is 55.8 Å². The van der Waals surface area contributed by atoms with Crippen molar-refractivity contribution in [1.82, 2.24) is 0 Å². The Morgan fingerprint density at radius 1 is 1.48 bits per heavy atom. The van der Waals surface area contributed by atoms with Gasteiger partial charge in [-0.15, -0.1) is 0 Å². The van der Waals surface area contributed by atoms with Crippen molar-refractivity contribution in [3.63, 3.8) is 0 Å². The van der Waals surface area contributed by atoms with Crippen LogP contribution in [0.25, 0.3) is 0 Å². The first-order valence-electron chi connectivity index (χ1n) is 6.82. The van der Waals surface area contributed by atoms with E-state index in [4.69, 9.17) is 27.9 Å². The second-order valence-corrected chi connectivity index (χ2v) is 8.16. The number of carbonyl (C=O) groups is 2. The van der Waals surface area contributed by atoms with Gasteiger partial charge in [-0.1, -0.05) is 0 Å². The molecule has 1 aromatic carbocycles. The predicted octanol–water partition coefficient (Wildman–Crippen LogP) is 2.04. The van der Waals surface area contributed by atoms with Gasteiger partial charge in [-0.2, -0.15) is 0 Å². The number of halogens is 5. The quantitative estimate of drug-likeness (QED) is 0.497. The monoisotopic (exact) mass is 461 g/mol. The van der Waals surface area contributed by atoms with E-state index >= 15 is 0 Å². The van der Waals surface area contributed by atoms with Gasteiger partial charge < -0.3 is 0 Å². The number of nitrogens with zero attached hydrogens (tertiary/aromatic N) is 1. The number of anilines is 1. The number of rotatable bonds is 5. The second kappa shape index (κ2) is 6.99. The average Bonchev–Trinajstić information content (AvgIpc) is 2.81. The minimum absolute atomic E-state index is 0.0176. The maximum absolute atomic E-state index is 12.7. The molecular weight excluding hydrogens is 449 g/mol. The number of ether oxygens (including phenoxy) is 2. The van der Waals surface area contributed by atoms with Crippen LogP contribution in [0.5, 0.6) is 5.75 Å². The Bertz CT molecular complexity index is 701. The molecule has 0 saturated carbocycles. The molecule has 0 N–H and O–H groups in total. The molecule has 0 radical (unpaired) electrons. The van der Waals surface area contributed by atoms with E-state index in [2.05, 4.69) is 4.74 Å². The summed E-state index contributed by atoms with van der Waals surface area (Å²) in [5, 5.41) is 0. The third-order valence-corrected chi connectivity index (χ3v) is 5.77. The molecule has 1 aliphatic heterocycles. The fraction of sp³-hybridized carbons (Fsp3) is 0.429. The summed E-state index contributed by atoms with van der Waals surface area (Å²) in [6.45, 7) is 0.961.